The maximum atomic E-state index is 11.0. The van der Waals surface area contributed by atoms with Gasteiger partial charge < -0.3 is 10.6 Å². The third-order valence-corrected chi connectivity index (χ3v) is 2.34. The van der Waals surface area contributed by atoms with E-state index in [1.807, 2.05) is 0 Å². The second kappa shape index (κ2) is 6.05. The van der Waals surface area contributed by atoms with Gasteiger partial charge in [-0.3, -0.25) is 14.9 Å². The Kier molecular flexibility index (Phi) is 4.71. The molecule has 92 valence electrons. The van der Waals surface area contributed by atoms with Gasteiger partial charge in [-0.1, -0.05) is 11.6 Å². The molecule has 1 amide bonds. The molecule has 0 spiro atoms. The van der Waals surface area contributed by atoms with Crippen LogP contribution in [0.2, 0.25) is 5.02 Å². The molecule has 0 radical (unpaired) electrons. The van der Waals surface area contributed by atoms with Gasteiger partial charge in [-0.2, -0.15) is 0 Å². The smallest absolute Gasteiger partial charge is 0.293 e. The van der Waals surface area contributed by atoms with Gasteiger partial charge in [-0.05, 0) is 12.1 Å². The summed E-state index contributed by atoms with van der Waals surface area (Å²) in [7, 11) is 1.53. The highest BCUT2D eigenvalue weighted by Gasteiger charge is 2.13. The second-order valence-corrected chi connectivity index (χ2v) is 3.70. The Labute approximate surface area is 103 Å². The van der Waals surface area contributed by atoms with Crippen LogP contribution in [0.5, 0.6) is 0 Å². The van der Waals surface area contributed by atoms with Crippen molar-refractivity contribution in [1.29, 1.82) is 0 Å². The van der Waals surface area contributed by atoms with Crippen molar-refractivity contribution in [3.8, 4) is 0 Å². The lowest BCUT2D eigenvalue weighted by atomic mass is 10.2. The standard InChI is InChI=1S/C10H12ClN3O3/c1-12-10(15)4-5-13-8-3-2-7(11)6-9(8)14(16)17/h2-3,6,13H,4-5H2,1H3,(H,12,15). The van der Waals surface area contributed by atoms with E-state index in [-0.39, 0.29) is 18.0 Å². The zero-order valence-electron chi connectivity index (χ0n) is 9.20. The van der Waals surface area contributed by atoms with Gasteiger partial charge in [-0.25, -0.2) is 0 Å². The predicted molar refractivity (Wildman–Crippen MR) is 65.3 cm³/mol. The fourth-order valence-electron chi connectivity index (χ4n) is 1.24. The lowest BCUT2D eigenvalue weighted by Gasteiger charge is -2.06. The zero-order chi connectivity index (χ0) is 12.8. The third kappa shape index (κ3) is 3.92. The van der Waals surface area contributed by atoms with Gasteiger partial charge in [0.1, 0.15) is 5.69 Å². The summed E-state index contributed by atoms with van der Waals surface area (Å²) >= 11 is 5.67. The van der Waals surface area contributed by atoms with Crippen LogP contribution >= 0.6 is 11.6 Å². The van der Waals surface area contributed by atoms with Gasteiger partial charge in [0.15, 0.2) is 0 Å². The van der Waals surface area contributed by atoms with E-state index < -0.39 is 4.92 Å². The molecule has 0 saturated carbocycles. The molecule has 1 rings (SSSR count). The summed E-state index contributed by atoms with van der Waals surface area (Å²) in [5.41, 5.74) is 0.248. The first-order chi connectivity index (χ1) is 8.04. The van der Waals surface area contributed by atoms with Gasteiger partial charge in [0.05, 0.1) is 4.92 Å². The molecule has 0 saturated heterocycles. The number of hydrogen-bond acceptors (Lipinski definition) is 4. The number of nitrogens with one attached hydrogen (secondary N) is 2. The average molecular weight is 258 g/mol. The molecule has 0 aliphatic carbocycles. The maximum absolute atomic E-state index is 11.0. The van der Waals surface area contributed by atoms with Crippen molar-refractivity contribution < 1.29 is 9.72 Å². The van der Waals surface area contributed by atoms with E-state index in [0.717, 1.165) is 0 Å². The zero-order valence-corrected chi connectivity index (χ0v) is 9.95. The summed E-state index contributed by atoms with van der Waals surface area (Å²) in [5, 5.41) is 16.3. The highest BCUT2D eigenvalue weighted by atomic mass is 35.5. The normalized spacial score (nSPS) is 9.76. The molecule has 17 heavy (non-hydrogen) atoms. The number of halogens is 1. The SMILES string of the molecule is CNC(=O)CCNc1ccc(Cl)cc1[N+](=O)[O-]. The minimum Gasteiger partial charge on any atom is -0.379 e. The van der Waals surface area contributed by atoms with Gasteiger partial charge in [-0.15, -0.1) is 0 Å². The summed E-state index contributed by atoms with van der Waals surface area (Å²) in [6.07, 6.45) is 0.246. The van der Waals surface area contributed by atoms with E-state index in [0.29, 0.717) is 17.3 Å². The maximum Gasteiger partial charge on any atom is 0.293 e. The summed E-state index contributed by atoms with van der Waals surface area (Å²) in [6, 6.07) is 4.34. The molecule has 0 bridgehead atoms. The highest BCUT2D eigenvalue weighted by Crippen LogP contribution is 2.27. The van der Waals surface area contributed by atoms with E-state index in [1.165, 1.54) is 19.2 Å². The molecule has 0 unspecified atom stereocenters. The lowest BCUT2D eigenvalue weighted by Crippen LogP contribution is -2.20. The Morgan fingerprint density at radius 2 is 2.24 bits per heavy atom. The van der Waals surface area contributed by atoms with Crippen LogP contribution in [0.4, 0.5) is 11.4 Å². The summed E-state index contributed by atoms with van der Waals surface area (Å²) in [6.45, 7) is 0.322. The summed E-state index contributed by atoms with van der Waals surface area (Å²) < 4.78 is 0. The predicted octanol–water partition coefficient (Wildman–Crippen LogP) is 1.80. The van der Waals surface area contributed by atoms with Gasteiger partial charge in [0, 0.05) is 31.1 Å². The van der Waals surface area contributed by atoms with Crippen LogP contribution in [0.1, 0.15) is 6.42 Å². The fraction of sp³-hybridized carbons (Fsp3) is 0.300. The molecule has 0 aliphatic heterocycles. The Balaban J connectivity index is 2.70. The molecule has 6 nitrogen and oxygen atoms in total. The first kappa shape index (κ1) is 13.2. The van der Waals surface area contributed by atoms with Crippen LogP contribution in [-0.2, 0) is 4.79 Å². The topological polar surface area (TPSA) is 84.3 Å². The Bertz CT molecular complexity index is 437. The molecule has 2 N–H and O–H groups in total. The highest BCUT2D eigenvalue weighted by molar-refractivity contribution is 6.30. The number of benzene rings is 1. The van der Waals surface area contributed by atoms with Crippen LogP contribution in [-0.4, -0.2) is 24.4 Å². The number of nitro groups is 1. The molecule has 1 aromatic rings. The molecular formula is C10H12ClN3O3. The van der Waals surface area contributed by atoms with Crippen molar-refractivity contribution in [3.63, 3.8) is 0 Å². The van der Waals surface area contributed by atoms with Crippen molar-refractivity contribution in [2.24, 2.45) is 0 Å². The summed E-state index contributed by atoms with van der Waals surface area (Å²) in [4.78, 5) is 21.2. The van der Waals surface area contributed by atoms with Crippen molar-refractivity contribution >= 4 is 28.9 Å². The number of carbonyl (C=O) groups is 1. The van der Waals surface area contributed by atoms with Crippen molar-refractivity contribution in [3.05, 3.63) is 33.3 Å². The molecule has 0 heterocycles. The molecule has 0 aromatic heterocycles. The number of amides is 1. The molecule has 0 aliphatic rings. The average Bonchev–Trinajstić information content (AvgIpc) is 2.30. The number of nitrogens with zero attached hydrogens (tertiary/aromatic N) is 1. The van der Waals surface area contributed by atoms with Gasteiger partial charge >= 0.3 is 0 Å². The van der Waals surface area contributed by atoms with E-state index >= 15 is 0 Å². The monoisotopic (exact) mass is 257 g/mol. The number of carbonyl (C=O) groups excluding carboxylic acids is 1. The number of hydrogen-bond donors (Lipinski definition) is 2. The van der Waals surface area contributed by atoms with Crippen molar-refractivity contribution in [2.75, 3.05) is 18.9 Å². The van der Waals surface area contributed by atoms with Crippen LogP contribution in [0, 0.1) is 10.1 Å². The third-order valence-electron chi connectivity index (χ3n) is 2.10. The molecular weight excluding hydrogens is 246 g/mol. The minimum absolute atomic E-state index is 0.102. The molecule has 7 heteroatoms. The lowest BCUT2D eigenvalue weighted by molar-refractivity contribution is -0.383. The first-order valence-corrected chi connectivity index (χ1v) is 5.30. The Morgan fingerprint density at radius 3 is 2.82 bits per heavy atom. The Hall–Kier alpha value is -1.82. The summed E-state index contributed by atoms with van der Waals surface area (Å²) in [5.74, 6) is -0.130. The minimum atomic E-state index is -0.520. The van der Waals surface area contributed by atoms with Gasteiger partial charge in [0.25, 0.3) is 5.69 Å². The van der Waals surface area contributed by atoms with Gasteiger partial charge in [0.2, 0.25) is 5.91 Å². The van der Waals surface area contributed by atoms with E-state index in [9.17, 15) is 14.9 Å². The first-order valence-electron chi connectivity index (χ1n) is 4.93. The number of nitro benzene ring substituents is 1. The molecule has 0 atom stereocenters. The fourth-order valence-corrected chi connectivity index (χ4v) is 1.41. The molecule has 0 fully saturated rings. The number of rotatable bonds is 5. The molecule has 1 aromatic carbocycles. The van der Waals surface area contributed by atoms with Crippen LogP contribution in [0.25, 0.3) is 0 Å². The van der Waals surface area contributed by atoms with E-state index in [2.05, 4.69) is 10.6 Å². The van der Waals surface area contributed by atoms with Crippen LogP contribution < -0.4 is 10.6 Å². The van der Waals surface area contributed by atoms with Crippen molar-refractivity contribution in [2.45, 2.75) is 6.42 Å². The quantitative estimate of drug-likeness (QED) is 0.622. The van der Waals surface area contributed by atoms with Crippen LogP contribution in [0.3, 0.4) is 0 Å². The second-order valence-electron chi connectivity index (χ2n) is 3.27. The van der Waals surface area contributed by atoms with Crippen molar-refractivity contribution in [1.82, 2.24) is 5.32 Å². The van der Waals surface area contributed by atoms with E-state index in [1.54, 1.807) is 6.07 Å². The Morgan fingerprint density at radius 1 is 1.53 bits per heavy atom. The largest absolute Gasteiger partial charge is 0.379 e. The number of anilines is 1. The van der Waals surface area contributed by atoms with Crippen LogP contribution in [0.15, 0.2) is 18.2 Å². The van der Waals surface area contributed by atoms with E-state index in [4.69, 9.17) is 11.6 Å².